The van der Waals surface area contributed by atoms with Gasteiger partial charge in [-0.3, -0.25) is 4.98 Å². The van der Waals surface area contributed by atoms with Crippen LogP contribution in [0.2, 0.25) is 0 Å². The third kappa shape index (κ3) is 3.01. The molecule has 1 aliphatic rings. The monoisotopic (exact) mass is 369 g/mol. The Morgan fingerprint density at radius 3 is 2.57 bits per heavy atom. The number of rotatable bonds is 4. The molecule has 0 spiro atoms. The Morgan fingerprint density at radius 1 is 1.09 bits per heavy atom. The van der Waals surface area contributed by atoms with E-state index in [9.17, 15) is 0 Å². The van der Waals surface area contributed by atoms with E-state index in [1.165, 1.54) is 21.6 Å². The number of aromatic nitrogens is 1. The van der Waals surface area contributed by atoms with Crippen molar-refractivity contribution < 1.29 is 0 Å². The minimum atomic E-state index is 0.179. The number of benzene rings is 1. The molecular weight excluding hydrogens is 346 g/mol. The molecule has 0 atom stereocenters. The number of hydrogen-bond acceptors (Lipinski definition) is 1. The molecule has 0 saturated heterocycles. The first kappa shape index (κ1) is 16.4. The number of pyridine rings is 1. The van der Waals surface area contributed by atoms with Crippen LogP contribution in [0.15, 0.2) is 34.9 Å². The SMILES string of the molecule is CCC(C)(CC)c1ccc(Br)cc1-c1nccc2c1=CCCC=2. The molecule has 0 amide bonds. The van der Waals surface area contributed by atoms with E-state index in [2.05, 4.69) is 73.1 Å². The molecule has 2 aromatic rings. The third-order valence-corrected chi connectivity index (χ3v) is 5.84. The average molecular weight is 370 g/mol. The first-order valence-corrected chi connectivity index (χ1v) is 9.34. The summed E-state index contributed by atoms with van der Waals surface area (Å²) in [6, 6.07) is 8.81. The van der Waals surface area contributed by atoms with Gasteiger partial charge in [0.15, 0.2) is 0 Å². The van der Waals surface area contributed by atoms with E-state index in [0.29, 0.717) is 0 Å². The lowest BCUT2D eigenvalue weighted by molar-refractivity contribution is 0.440. The fourth-order valence-electron chi connectivity index (χ4n) is 3.43. The molecule has 0 bridgehead atoms. The zero-order valence-corrected chi connectivity index (χ0v) is 15.8. The molecule has 0 saturated carbocycles. The Bertz CT molecular complexity index is 831. The van der Waals surface area contributed by atoms with Gasteiger partial charge in [0.25, 0.3) is 0 Å². The number of hydrogen-bond donors (Lipinski definition) is 0. The van der Waals surface area contributed by atoms with Crippen molar-refractivity contribution in [2.75, 3.05) is 0 Å². The van der Waals surface area contributed by atoms with Crippen LogP contribution in [-0.2, 0) is 5.41 Å². The summed E-state index contributed by atoms with van der Waals surface area (Å²) in [6.45, 7) is 6.93. The average Bonchev–Trinajstić information content (AvgIpc) is 2.60. The second-order valence-electron chi connectivity index (χ2n) is 6.61. The number of fused-ring (bicyclic) bond motifs is 1. The van der Waals surface area contributed by atoms with E-state index >= 15 is 0 Å². The molecule has 1 heterocycles. The van der Waals surface area contributed by atoms with Crippen molar-refractivity contribution in [2.24, 2.45) is 0 Å². The van der Waals surface area contributed by atoms with Gasteiger partial charge < -0.3 is 0 Å². The maximum atomic E-state index is 4.77. The largest absolute Gasteiger partial charge is 0.256 e. The van der Waals surface area contributed by atoms with Crippen LogP contribution in [0, 0.1) is 0 Å². The minimum absolute atomic E-state index is 0.179. The summed E-state index contributed by atoms with van der Waals surface area (Å²) < 4.78 is 1.12. The zero-order chi connectivity index (χ0) is 16.4. The molecular formula is C21H24BrN. The summed E-state index contributed by atoms with van der Waals surface area (Å²) in [5.74, 6) is 0. The van der Waals surface area contributed by atoms with Gasteiger partial charge in [0.05, 0.1) is 5.69 Å². The molecule has 23 heavy (non-hydrogen) atoms. The lowest BCUT2D eigenvalue weighted by Crippen LogP contribution is -2.30. The molecule has 0 radical (unpaired) electrons. The van der Waals surface area contributed by atoms with Crippen LogP contribution in [0.5, 0.6) is 0 Å². The van der Waals surface area contributed by atoms with Gasteiger partial charge in [-0.1, -0.05) is 54.9 Å². The molecule has 120 valence electrons. The summed E-state index contributed by atoms with van der Waals surface area (Å²) in [5.41, 5.74) is 3.99. The normalized spacial score (nSPS) is 13.9. The van der Waals surface area contributed by atoms with Crippen LogP contribution in [0.3, 0.4) is 0 Å². The molecule has 1 nitrogen and oxygen atoms in total. The highest BCUT2D eigenvalue weighted by Gasteiger charge is 2.26. The van der Waals surface area contributed by atoms with Crippen molar-refractivity contribution in [3.8, 4) is 11.3 Å². The highest BCUT2D eigenvalue weighted by molar-refractivity contribution is 9.10. The first-order valence-electron chi connectivity index (χ1n) is 8.55. The fraction of sp³-hybridized carbons (Fsp3) is 0.381. The highest BCUT2D eigenvalue weighted by atomic mass is 79.9. The van der Waals surface area contributed by atoms with E-state index in [1.54, 1.807) is 0 Å². The van der Waals surface area contributed by atoms with Crippen molar-refractivity contribution >= 4 is 28.1 Å². The van der Waals surface area contributed by atoms with Gasteiger partial charge in [-0.15, -0.1) is 0 Å². The van der Waals surface area contributed by atoms with Crippen LogP contribution in [0.25, 0.3) is 23.4 Å². The molecule has 0 aliphatic heterocycles. The van der Waals surface area contributed by atoms with Gasteiger partial charge >= 0.3 is 0 Å². The van der Waals surface area contributed by atoms with E-state index in [1.807, 2.05) is 6.20 Å². The summed E-state index contributed by atoms with van der Waals surface area (Å²) >= 11 is 3.65. The topological polar surface area (TPSA) is 12.9 Å². The highest BCUT2D eigenvalue weighted by Crippen LogP contribution is 2.37. The van der Waals surface area contributed by atoms with E-state index in [0.717, 1.165) is 35.8 Å². The molecule has 1 aromatic heterocycles. The fourth-order valence-corrected chi connectivity index (χ4v) is 3.79. The van der Waals surface area contributed by atoms with E-state index in [-0.39, 0.29) is 5.41 Å². The number of halogens is 1. The van der Waals surface area contributed by atoms with Crippen molar-refractivity contribution in [3.63, 3.8) is 0 Å². The molecule has 1 aromatic carbocycles. The smallest absolute Gasteiger partial charge is 0.0780 e. The van der Waals surface area contributed by atoms with Crippen LogP contribution in [-0.4, -0.2) is 4.98 Å². The Morgan fingerprint density at radius 2 is 1.83 bits per heavy atom. The second kappa shape index (κ2) is 6.60. The Labute approximate surface area is 147 Å². The molecule has 3 rings (SSSR count). The van der Waals surface area contributed by atoms with Crippen LogP contribution >= 0.6 is 15.9 Å². The summed E-state index contributed by atoms with van der Waals surface area (Å²) in [4.78, 5) is 4.77. The van der Waals surface area contributed by atoms with Gasteiger partial charge in [-0.25, -0.2) is 0 Å². The predicted molar refractivity (Wildman–Crippen MR) is 103 cm³/mol. The summed E-state index contributed by atoms with van der Waals surface area (Å²) in [7, 11) is 0. The summed E-state index contributed by atoms with van der Waals surface area (Å²) in [6.07, 6.45) is 11.1. The molecule has 0 unspecified atom stereocenters. The van der Waals surface area contributed by atoms with Crippen LogP contribution in [0.1, 0.15) is 52.0 Å². The van der Waals surface area contributed by atoms with Crippen molar-refractivity contribution in [3.05, 3.63) is 50.9 Å². The summed E-state index contributed by atoms with van der Waals surface area (Å²) in [5, 5.41) is 2.62. The van der Waals surface area contributed by atoms with Gasteiger partial charge in [0.1, 0.15) is 0 Å². The quantitative estimate of drug-likeness (QED) is 0.743. The van der Waals surface area contributed by atoms with Gasteiger partial charge in [-0.05, 0) is 60.1 Å². The van der Waals surface area contributed by atoms with Crippen molar-refractivity contribution in [1.82, 2.24) is 4.98 Å². The standard InChI is InChI=1S/C21H24BrN/c1-4-21(3,5-2)19-11-10-16(22)14-18(19)20-17-9-7-6-8-15(17)12-13-23-20/h8-14H,4-7H2,1-3H3. The zero-order valence-electron chi connectivity index (χ0n) is 14.2. The minimum Gasteiger partial charge on any atom is -0.256 e. The lowest BCUT2D eigenvalue weighted by Gasteiger charge is -2.30. The second-order valence-corrected chi connectivity index (χ2v) is 7.52. The Kier molecular flexibility index (Phi) is 4.72. The van der Waals surface area contributed by atoms with Gasteiger partial charge in [0, 0.05) is 21.5 Å². The maximum absolute atomic E-state index is 4.77. The van der Waals surface area contributed by atoms with Crippen molar-refractivity contribution in [1.29, 1.82) is 0 Å². The van der Waals surface area contributed by atoms with E-state index in [4.69, 9.17) is 4.98 Å². The Hall–Kier alpha value is -1.41. The van der Waals surface area contributed by atoms with E-state index < -0.39 is 0 Å². The molecule has 2 heteroatoms. The molecule has 1 aliphatic carbocycles. The first-order chi connectivity index (χ1) is 11.1. The molecule has 0 fully saturated rings. The third-order valence-electron chi connectivity index (χ3n) is 5.35. The van der Waals surface area contributed by atoms with Crippen LogP contribution < -0.4 is 10.4 Å². The predicted octanol–water partition coefficient (Wildman–Crippen LogP) is 4.94. The Balaban J connectivity index is 2.32. The van der Waals surface area contributed by atoms with Crippen molar-refractivity contribution in [2.45, 2.75) is 51.9 Å². The number of nitrogens with zero attached hydrogens (tertiary/aromatic N) is 1. The lowest BCUT2D eigenvalue weighted by atomic mass is 9.75. The van der Waals surface area contributed by atoms with Gasteiger partial charge in [-0.2, -0.15) is 0 Å². The van der Waals surface area contributed by atoms with Gasteiger partial charge in [0.2, 0.25) is 0 Å². The maximum Gasteiger partial charge on any atom is 0.0780 e. The molecule has 0 N–H and O–H groups in total. The van der Waals surface area contributed by atoms with Crippen LogP contribution in [0.4, 0.5) is 0 Å².